The molecule has 0 fully saturated rings. The van der Waals surface area contributed by atoms with Gasteiger partial charge in [-0.05, 0) is 32.4 Å². The van der Waals surface area contributed by atoms with E-state index in [0.29, 0.717) is 0 Å². The molecule has 0 radical (unpaired) electrons. The van der Waals surface area contributed by atoms with Gasteiger partial charge >= 0.3 is 6.09 Å². The van der Waals surface area contributed by atoms with E-state index in [9.17, 15) is 9.59 Å². The Labute approximate surface area is 106 Å². The first kappa shape index (κ1) is 14.0. The minimum atomic E-state index is -0.693. The Morgan fingerprint density at radius 3 is 2.61 bits per heavy atom. The number of hydrogen-bond donors (Lipinski definition) is 2. The lowest BCUT2D eigenvalue weighted by Crippen LogP contribution is -2.44. The highest BCUT2D eigenvalue weighted by molar-refractivity contribution is 5.80. The van der Waals surface area contributed by atoms with Crippen LogP contribution in [-0.4, -0.2) is 22.6 Å². The van der Waals surface area contributed by atoms with E-state index in [1.807, 2.05) is 0 Å². The number of aromatic nitrogens is 1. The number of carbonyl (C=O) groups is 2. The summed E-state index contributed by atoms with van der Waals surface area (Å²) in [6.07, 6.45) is 2.67. The summed E-state index contributed by atoms with van der Waals surface area (Å²) in [5, 5.41) is 0. The lowest BCUT2D eigenvalue weighted by Gasteiger charge is -2.19. The molecule has 1 heterocycles. The van der Waals surface area contributed by atoms with Crippen LogP contribution in [0.25, 0.3) is 0 Å². The Morgan fingerprint density at radius 2 is 2.06 bits per heavy atom. The highest BCUT2D eigenvalue weighted by Gasteiger charge is 2.16. The zero-order chi connectivity index (χ0) is 13.6. The second-order valence-electron chi connectivity index (χ2n) is 4.71. The average Bonchev–Trinajstić information content (AvgIpc) is 2.25. The summed E-state index contributed by atoms with van der Waals surface area (Å²) in [5.74, 6) is -0.339. The molecule has 0 aliphatic rings. The van der Waals surface area contributed by atoms with Gasteiger partial charge < -0.3 is 4.74 Å². The molecule has 98 valence electrons. The highest BCUT2D eigenvalue weighted by Crippen LogP contribution is 2.05. The summed E-state index contributed by atoms with van der Waals surface area (Å²) in [4.78, 5) is 26.6. The molecule has 1 rings (SSSR count). The topological polar surface area (TPSA) is 80.3 Å². The molecular formula is C12H17N3O3. The summed E-state index contributed by atoms with van der Waals surface area (Å²) in [6, 6.07) is 3.52. The van der Waals surface area contributed by atoms with Crippen LogP contribution >= 0.6 is 0 Å². The second-order valence-corrected chi connectivity index (χ2v) is 4.71. The van der Waals surface area contributed by atoms with E-state index >= 15 is 0 Å². The van der Waals surface area contributed by atoms with Crippen molar-refractivity contribution >= 4 is 12.0 Å². The minimum Gasteiger partial charge on any atom is -0.443 e. The molecule has 0 aliphatic carbocycles. The summed E-state index contributed by atoms with van der Waals surface area (Å²) in [7, 11) is 0. The van der Waals surface area contributed by atoms with Crippen LogP contribution in [0.1, 0.15) is 26.3 Å². The van der Waals surface area contributed by atoms with E-state index in [4.69, 9.17) is 4.74 Å². The quantitative estimate of drug-likeness (QED) is 0.773. The van der Waals surface area contributed by atoms with E-state index in [1.54, 1.807) is 45.3 Å². The second kappa shape index (κ2) is 6.00. The van der Waals surface area contributed by atoms with Gasteiger partial charge in [-0.1, -0.05) is 6.07 Å². The first-order chi connectivity index (χ1) is 8.37. The van der Waals surface area contributed by atoms with Crippen molar-refractivity contribution in [1.29, 1.82) is 0 Å². The predicted molar refractivity (Wildman–Crippen MR) is 65.5 cm³/mol. The summed E-state index contributed by atoms with van der Waals surface area (Å²) in [5.41, 5.74) is 4.61. The van der Waals surface area contributed by atoms with Gasteiger partial charge in [0.1, 0.15) is 5.60 Å². The van der Waals surface area contributed by atoms with Crippen molar-refractivity contribution in [3.05, 3.63) is 30.1 Å². The van der Waals surface area contributed by atoms with Crippen LogP contribution in [-0.2, 0) is 16.0 Å². The molecule has 1 aromatic heterocycles. The van der Waals surface area contributed by atoms with Crippen LogP contribution in [0.5, 0.6) is 0 Å². The molecule has 0 atom stereocenters. The fourth-order valence-electron chi connectivity index (χ4n) is 1.16. The summed E-state index contributed by atoms with van der Waals surface area (Å²) in [6.45, 7) is 5.22. The van der Waals surface area contributed by atoms with Gasteiger partial charge in [0.2, 0.25) is 5.91 Å². The monoisotopic (exact) mass is 251 g/mol. The average molecular weight is 251 g/mol. The van der Waals surface area contributed by atoms with E-state index < -0.39 is 11.7 Å². The highest BCUT2D eigenvalue weighted by atomic mass is 16.6. The molecule has 0 unspecified atom stereocenters. The van der Waals surface area contributed by atoms with Gasteiger partial charge in [0, 0.05) is 12.4 Å². The fourth-order valence-corrected chi connectivity index (χ4v) is 1.16. The van der Waals surface area contributed by atoms with Crippen molar-refractivity contribution in [2.24, 2.45) is 0 Å². The van der Waals surface area contributed by atoms with Gasteiger partial charge in [-0.2, -0.15) is 0 Å². The Morgan fingerprint density at radius 1 is 1.33 bits per heavy atom. The maximum Gasteiger partial charge on any atom is 0.426 e. The molecule has 0 bridgehead atoms. The number of rotatable bonds is 2. The fraction of sp³-hybridized carbons (Fsp3) is 0.417. The minimum absolute atomic E-state index is 0.142. The van der Waals surface area contributed by atoms with Crippen LogP contribution in [0.4, 0.5) is 4.79 Å². The number of nitrogens with one attached hydrogen (secondary N) is 2. The lowest BCUT2D eigenvalue weighted by molar-refractivity contribution is -0.121. The standard InChI is InChI=1S/C12H17N3O3/c1-12(2,3)18-11(17)15-14-10(16)7-9-5-4-6-13-8-9/h4-6,8H,7H2,1-3H3,(H,14,16)(H,15,17). The largest absolute Gasteiger partial charge is 0.443 e. The summed E-state index contributed by atoms with van der Waals surface area (Å²) < 4.78 is 4.96. The van der Waals surface area contributed by atoms with Gasteiger partial charge in [0.25, 0.3) is 0 Å². The van der Waals surface area contributed by atoms with Gasteiger partial charge in [-0.15, -0.1) is 0 Å². The van der Waals surface area contributed by atoms with Crippen molar-refractivity contribution in [2.45, 2.75) is 32.8 Å². The Bertz CT molecular complexity index is 412. The molecule has 0 saturated heterocycles. The third-order valence-electron chi connectivity index (χ3n) is 1.79. The lowest BCUT2D eigenvalue weighted by atomic mass is 10.2. The van der Waals surface area contributed by atoms with E-state index in [1.165, 1.54) is 0 Å². The molecule has 0 aliphatic heterocycles. The van der Waals surface area contributed by atoms with Gasteiger partial charge in [0.05, 0.1) is 6.42 Å². The molecule has 18 heavy (non-hydrogen) atoms. The maximum atomic E-state index is 11.5. The number of ether oxygens (including phenoxy) is 1. The van der Waals surface area contributed by atoms with Gasteiger partial charge in [-0.25, -0.2) is 10.2 Å². The smallest absolute Gasteiger partial charge is 0.426 e. The molecule has 2 amide bonds. The van der Waals surface area contributed by atoms with Crippen LogP contribution in [0.3, 0.4) is 0 Å². The van der Waals surface area contributed by atoms with Crippen molar-refractivity contribution in [3.8, 4) is 0 Å². The molecule has 6 nitrogen and oxygen atoms in total. The number of hydrogen-bond acceptors (Lipinski definition) is 4. The third-order valence-corrected chi connectivity index (χ3v) is 1.79. The molecule has 6 heteroatoms. The number of amides is 2. The maximum absolute atomic E-state index is 11.5. The first-order valence-corrected chi connectivity index (χ1v) is 5.53. The van der Waals surface area contributed by atoms with Crippen molar-refractivity contribution in [1.82, 2.24) is 15.8 Å². The Hall–Kier alpha value is -2.11. The Kier molecular flexibility index (Phi) is 4.65. The number of carbonyl (C=O) groups excluding carboxylic acids is 2. The van der Waals surface area contributed by atoms with Crippen molar-refractivity contribution in [3.63, 3.8) is 0 Å². The van der Waals surface area contributed by atoms with Crippen LogP contribution < -0.4 is 10.9 Å². The Balaban J connectivity index is 2.32. The van der Waals surface area contributed by atoms with Gasteiger partial charge in [0.15, 0.2) is 0 Å². The van der Waals surface area contributed by atoms with Crippen molar-refractivity contribution in [2.75, 3.05) is 0 Å². The molecule has 1 aromatic rings. The van der Waals surface area contributed by atoms with Crippen molar-refractivity contribution < 1.29 is 14.3 Å². The predicted octanol–water partition coefficient (Wildman–Crippen LogP) is 1.18. The summed E-state index contributed by atoms with van der Waals surface area (Å²) >= 11 is 0. The van der Waals surface area contributed by atoms with Gasteiger partial charge in [-0.3, -0.25) is 15.2 Å². The molecule has 0 saturated carbocycles. The van der Waals surface area contributed by atoms with Crippen LogP contribution in [0.2, 0.25) is 0 Å². The first-order valence-electron chi connectivity index (χ1n) is 5.53. The molecule has 2 N–H and O–H groups in total. The van der Waals surface area contributed by atoms with Crippen LogP contribution in [0.15, 0.2) is 24.5 Å². The zero-order valence-corrected chi connectivity index (χ0v) is 10.7. The SMILES string of the molecule is CC(C)(C)OC(=O)NNC(=O)Cc1cccnc1. The third kappa shape index (κ3) is 5.83. The zero-order valence-electron chi connectivity index (χ0n) is 10.7. The van der Waals surface area contributed by atoms with E-state index in [2.05, 4.69) is 15.8 Å². The van der Waals surface area contributed by atoms with E-state index in [-0.39, 0.29) is 12.3 Å². The normalized spacial score (nSPS) is 10.6. The number of nitrogens with zero attached hydrogens (tertiary/aromatic N) is 1. The van der Waals surface area contributed by atoms with Crippen LogP contribution in [0, 0.1) is 0 Å². The number of hydrazine groups is 1. The van der Waals surface area contributed by atoms with E-state index in [0.717, 1.165) is 5.56 Å². The number of pyridine rings is 1. The molecule has 0 aromatic carbocycles. The molecule has 0 spiro atoms. The molecular weight excluding hydrogens is 234 g/mol.